The summed E-state index contributed by atoms with van der Waals surface area (Å²) in [6.07, 6.45) is 0.446. The lowest BCUT2D eigenvalue weighted by atomic mass is 10.1. The normalized spacial score (nSPS) is 17.3. The predicted molar refractivity (Wildman–Crippen MR) is 86.1 cm³/mol. The molecule has 1 unspecified atom stereocenters. The zero-order valence-electron chi connectivity index (χ0n) is 12.3. The molecule has 2 rings (SSSR count). The number of para-hydroxylation sites is 1. The van der Waals surface area contributed by atoms with Crippen molar-refractivity contribution in [1.29, 1.82) is 0 Å². The molecule has 1 aliphatic rings. The second-order valence-corrected chi connectivity index (χ2v) is 5.87. The second-order valence-electron chi connectivity index (χ2n) is 5.02. The molecule has 1 aliphatic heterocycles. The number of carboxylic acid groups (broad SMARTS) is 1. The lowest BCUT2D eigenvalue weighted by Gasteiger charge is -2.18. The molecule has 8 heteroatoms. The van der Waals surface area contributed by atoms with Crippen LogP contribution in [0.3, 0.4) is 0 Å². The van der Waals surface area contributed by atoms with Crippen molar-refractivity contribution in [1.82, 2.24) is 5.32 Å². The first-order valence-corrected chi connectivity index (χ1v) is 7.93. The Hall–Kier alpha value is -1.93. The number of amides is 2. The molecule has 1 aromatic rings. The SMILES string of the molecule is O=C(O)COCCNC(=O)C1CCN(c2ccccc2Br)C1=O. The Balaban J connectivity index is 1.85. The third kappa shape index (κ3) is 4.52. The van der Waals surface area contributed by atoms with Gasteiger partial charge in [-0.25, -0.2) is 4.79 Å². The summed E-state index contributed by atoms with van der Waals surface area (Å²) in [5.74, 6) is -2.38. The van der Waals surface area contributed by atoms with Crippen LogP contribution in [0.2, 0.25) is 0 Å². The van der Waals surface area contributed by atoms with E-state index >= 15 is 0 Å². The van der Waals surface area contributed by atoms with Crippen LogP contribution in [0.15, 0.2) is 28.7 Å². The van der Waals surface area contributed by atoms with Crippen molar-refractivity contribution in [2.75, 3.05) is 31.2 Å². The number of nitrogens with one attached hydrogen (secondary N) is 1. The van der Waals surface area contributed by atoms with E-state index in [0.29, 0.717) is 13.0 Å². The third-order valence-corrected chi connectivity index (χ3v) is 4.11. The molecule has 1 saturated heterocycles. The molecule has 0 saturated carbocycles. The van der Waals surface area contributed by atoms with Crippen molar-refractivity contribution < 1.29 is 24.2 Å². The molecule has 0 bridgehead atoms. The molecular formula is C15H17BrN2O5. The number of hydrogen-bond donors (Lipinski definition) is 2. The number of anilines is 1. The van der Waals surface area contributed by atoms with Gasteiger partial charge in [0.25, 0.3) is 0 Å². The molecule has 1 atom stereocenters. The van der Waals surface area contributed by atoms with Crippen molar-refractivity contribution in [2.24, 2.45) is 5.92 Å². The van der Waals surface area contributed by atoms with E-state index < -0.39 is 18.5 Å². The third-order valence-electron chi connectivity index (χ3n) is 3.44. The number of hydrogen-bond acceptors (Lipinski definition) is 4. The van der Waals surface area contributed by atoms with Crippen LogP contribution in [-0.2, 0) is 19.1 Å². The van der Waals surface area contributed by atoms with Crippen molar-refractivity contribution >= 4 is 39.4 Å². The standard InChI is InChI=1S/C15H17BrN2O5/c16-11-3-1-2-4-12(11)18-7-5-10(15(18)22)14(21)17-6-8-23-9-13(19)20/h1-4,10H,5-9H2,(H,17,21)(H,19,20). The smallest absolute Gasteiger partial charge is 0.329 e. The van der Waals surface area contributed by atoms with Gasteiger partial charge in [0.1, 0.15) is 12.5 Å². The summed E-state index contributed by atoms with van der Waals surface area (Å²) in [6, 6.07) is 7.35. The Morgan fingerprint density at radius 2 is 2.13 bits per heavy atom. The van der Waals surface area contributed by atoms with E-state index in [1.54, 1.807) is 4.90 Å². The molecular weight excluding hydrogens is 368 g/mol. The quantitative estimate of drug-likeness (QED) is 0.540. The van der Waals surface area contributed by atoms with E-state index in [2.05, 4.69) is 21.2 Å². The molecule has 0 aromatic heterocycles. The fraction of sp³-hybridized carbons (Fsp3) is 0.400. The Morgan fingerprint density at radius 3 is 2.83 bits per heavy atom. The molecule has 1 heterocycles. The Labute approximate surface area is 141 Å². The summed E-state index contributed by atoms with van der Waals surface area (Å²) in [4.78, 5) is 36.4. The number of aliphatic carboxylic acids is 1. The minimum atomic E-state index is -1.06. The number of rotatable bonds is 7. The van der Waals surface area contributed by atoms with Crippen LogP contribution >= 0.6 is 15.9 Å². The maximum Gasteiger partial charge on any atom is 0.329 e. The van der Waals surface area contributed by atoms with E-state index in [1.807, 2.05) is 24.3 Å². The zero-order valence-corrected chi connectivity index (χ0v) is 13.9. The van der Waals surface area contributed by atoms with Gasteiger partial charge in [-0.1, -0.05) is 12.1 Å². The van der Waals surface area contributed by atoms with Crippen LogP contribution in [0.1, 0.15) is 6.42 Å². The summed E-state index contributed by atoms with van der Waals surface area (Å²) in [6.45, 7) is 0.334. The fourth-order valence-electron chi connectivity index (χ4n) is 2.36. The summed E-state index contributed by atoms with van der Waals surface area (Å²) < 4.78 is 5.63. The van der Waals surface area contributed by atoms with Crippen molar-refractivity contribution in [3.63, 3.8) is 0 Å². The number of ether oxygens (including phenoxy) is 1. The molecule has 1 aromatic carbocycles. The number of carbonyl (C=O) groups is 3. The Kier molecular flexibility index (Phi) is 6.12. The van der Waals surface area contributed by atoms with Gasteiger partial charge in [-0.15, -0.1) is 0 Å². The largest absolute Gasteiger partial charge is 0.480 e. The molecule has 0 radical (unpaired) electrons. The minimum Gasteiger partial charge on any atom is -0.480 e. The van der Waals surface area contributed by atoms with Gasteiger partial charge in [0.15, 0.2) is 0 Å². The van der Waals surface area contributed by atoms with Crippen molar-refractivity contribution in [3.05, 3.63) is 28.7 Å². The topological polar surface area (TPSA) is 95.9 Å². The van der Waals surface area contributed by atoms with E-state index in [9.17, 15) is 14.4 Å². The lowest BCUT2D eigenvalue weighted by molar-refractivity contribution is -0.142. The molecule has 2 N–H and O–H groups in total. The van der Waals surface area contributed by atoms with Crippen LogP contribution in [0.4, 0.5) is 5.69 Å². The van der Waals surface area contributed by atoms with Gasteiger partial charge in [0.05, 0.1) is 12.3 Å². The molecule has 23 heavy (non-hydrogen) atoms. The summed E-state index contributed by atoms with van der Waals surface area (Å²) in [5, 5.41) is 11.0. The maximum atomic E-state index is 12.4. The van der Waals surface area contributed by atoms with Gasteiger partial charge in [-0.05, 0) is 34.5 Å². The van der Waals surface area contributed by atoms with Crippen LogP contribution < -0.4 is 10.2 Å². The monoisotopic (exact) mass is 384 g/mol. The van der Waals surface area contributed by atoms with Crippen molar-refractivity contribution in [2.45, 2.75) is 6.42 Å². The number of benzene rings is 1. The summed E-state index contributed by atoms with van der Waals surface area (Å²) >= 11 is 3.40. The fourth-order valence-corrected chi connectivity index (χ4v) is 2.86. The first-order chi connectivity index (χ1) is 11.0. The molecule has 7 nitrogen and oxygen atoms in total. The van der Waals surface area contributed by atoms with Crippen LogP contribution in [0, 0.1) is 5.92 Å². The van der Waals surface area contributed by atoms with E-state index in [-0.39, 0.29) is 25.0 Å². The van der Waals surface area contributed by atoms with Gasteiger partial charge >= 0.3 is 5.97 Å². The molecule has 2 amide bonds. The highest BCUT2D eigenvalue weighted by molar-refractivity contribution is 9.10. The van der Waals surface area contributed by atoms with Crippen LogP contribution in [-0.4, -0.2) is 49.2 Å². The average molecular weight is 385 g/mol. The Morgan fingerprint density at radius 1 is 1.39 bits per heavy atom. The van der Waals surface area contributed by atoms with E-state index in [0.717, 1.165) is 10.2 Å². The molecule has 124 valence electrons. The number of nitrogens with zero attached hydrogens (tertiary/aromatic N) is 1. The highest BCUT2D eigenvalue weighted by Gasteiger charge is 2.37. The lowest BCUT2D eigenvalue weighted by Crippen LogP contribution is -2.38. The first-order valence-electron chi connectivity index (χ1n) is 7.14. The number of halogens is 1. The first kappa shape index (κ1) is 17.4. The average Bonchev–Trinajstić information content (AvgIpc) is 2.88. The van der Waals surface area contributed by atoms with Crippen LogP contribution in [0.5, 0.6) is 0 Å². The highest BCUT2D eigenvalue weighted by Crippen LogP contribution is 2.31. The number of carbonyl (C=O) groups excluding carboxylic acids is 2. The Bertz CT molecular complexity index is 607. The van der Waals surface area contributed by atoms with Gasteiger partial charge in [0.2, 0.25) is 11.8 Å². The number of carboxylic acids is 1. The highest BCUT2D eigenvalue weighted by atomic mass is 79.9. The van der Waals surface area contributed by atoms with E-state index in [4.69, 9.17) is 9.84 Å². The molecule has 0 spiro atoms. The summed E-state index contributed by atoms with van der Waals surface area (Å²) in [7, 11) is 0. The van der Waals surface area contributed by atoms with Crippen molar-refractivity contribution in [3.8, 4) is 0 Å². The second kappa shape index (κ2) is 8.07. The van der Waals surface area contributed by atoms with Gasteiger partial charge in [-0.2, -0.15) is 0 Å². The van der Waals surface area contributed by atoms with E-state index in [1.165, 1.54) is 0 Å². The minimum absolute atomic E-state index is 0.0902. The van der Waals surface area contributed by atoms with Crippen LogP contribution in [0.25, 0.3) is 0 Å². The molecule has 0 aliphatic carbocycles. The van der Waals surface area contributed by atoms with Gasteiger partial charge < -0.3 is 20.1 Å². The van der Waals surface area contributed by atoms with Gasteiger partial charge in [-0.3, -0.25) is 9.59 Å². The predicted octanol–water partition coefficient (Wildman–Crippen LogP) is 1.02. The van der Waals surface area contributed by atoms with Gasteiger partial charge in [0, 0.05) is 17.6 Å². The molecule has 1 fully saturated rings. The summed E-state index contributed by atoms with van der Waals surface area (Å²) in [5.41, 5.74) is 0.748. The zero-order chi connectivity index (χ0) is 16.8. The maximum absolute atomic E-state index is 12.4.